The zero-order chi connectivity index (χ0) is 20.9. The highest BCUT2D eigenvalue weighted by Crippen LogP contribution is 2.24. The van der Waals surface area contributed by atoms with Crippen LogP contribution in [0.2, 0.25) is 0 Å². The van der Waals surface area contributed by atoms with Crippen LogP contribution in [0.5, 0.6) is 5.75 Å². The molecule has 0 fully saturated rings. The maximum Gasteiger partial charge on any atom is 0.244 e. The molecule has 28 heavy (non-hydrogen) atoms. The van der Waals surface area contributed by atoms with Gasteiger partial charge in [0.05, 0.1) is 25.1 Å². The lowest BCUT2D eigenvalue weighted by Crippen LogP contribution is -2.49. The maximum absolute atomic E-state index is 13.0. The Labute approximate surface area is 167 Å². The lowest BCUT2D eigenvalue weighted by molar-refractivity contribution is -0.122. The topological polar surface area (TPSA) is 75.7 Å². The van der Waals surface area contributed by atoms with E-state index in [0.29, 0.717) is 12.1 Å². The molecule has 0 aliphatic rings. The van der Waals surface area contributed by atoms with E-state index in [1.807, 2.05) is 50.2 Å². The monoisotopic (exact) mass is 404 g/mol. The fourth-order valence-electron chi connectivity index (χ4n) is 3.04. The number of carbonyl (C=O) groups excluding carboxylic acids is 1. The van der Waals surface area contributed by atoms with Crippen LogP contribution in [0.3, 0.4) is 0 Å². The summed E-state index contributed by atoms with van der Waals surface area (Å²) in [5, 5.41) is 2.93. The molecule has 0 heterocycles. The van der Waals surface area contributed by atoms with Gasteiger partial charge in [-0.05, 0) is 50.1 Å². The van der Waals surface area contributed by atoms with Crippen LogP contribution in [-0.2, 0) is 14.8 Å². The van der Waals surface area contributed by atoms with Gasteiger partial charge >= 0.3 is 0 Å². The van der Waals surface area contributed by atoms with Crippen LogP contribution in [0.1, 0.15) is 37.4 Å². The maximum atomic E-state index is 13.0. The number of hydrogen-bond donors (Lipinski definition) is 1. The lowest BCUT2D eigenvalue weighted by Gasteiger charge is -2.31. The lowest BCUT2D eigenvalue weighted by atomic mass is 10.1. The molecule has 0 unspecified atom stereocenters. The Morgan fingerprint density at radius 3 is 2.14 bits per heavy atom. The van der Waals surface area contributed by atoms with Gasteiger partial charge < -0.3 is 10.1 Å². The molecule has 1 amide bonds. The number of carbonyl (C=O) groups is 1. The number of benzene rings is 2. The predicted octanol–water partition coefficient (Wildman–Crippen LogP) is 3.43. The second-order valence-electron chi connectivity index (χ2n) is 6.82. The third-order valence-electron chi connectivity index (χ3n) is 4.59. The first kappa shape index (κ1) is 21.8. The number of amides is 1. The number of aryl methyl sites for hydroxylation is 1. The second-order valence-corrected chi connectivity index (χ2v) is 8.68. The highest BCUT2D eigenvalue weighted by Gasteiger charge is 2.32. The molecule has 0 aliphatic carbocycles. The molecule has 0 saturated carbocycles. The zero-order valence-electron chi connectivity index (χ0n) is 17.0. The Kier molecular flexibility index (Phi) is 7.07. The summed E-state index contributed by atoms with van der Waals surface area (Å²) in [7, 11) is -2.05. The molecule has 0 spiro atoms. The van der Waals surface area contributed by atoms with Crippen LogP contribution in [0.4, 0.5) is 5.69 Å². The molecule has 0 aliphatic heterocycles. The van der Waals surface area contributed by atoms with Crippen LogP contribution in [0.15, 0.2) is 48.5 Å². The number of ether oxygens (including phenoxy) is 1. The molecule has 7 heteroatoms. The number of hydrogen-bond acceptors (Lipinski definition) is 4. The minimum atomic E-state index is -3.64. The van der Waals surface area contributed by atoms with Gasteiger partial charge in [-0.3, -0.25) is 9.10 Å². The molecule has 2 rings (SSSR count). The zero-order valence-corrected chi connectivity index (χ0v) is 17.8. The Hall–Kier alpha value is -2.54. The van der Waals surface area contributed by atoms with Crippen molar-refractivity contribution in [1.29, 1.82) is 0 Å². The average Bonchev–Trinajstić information content (AvgIpc) is 2.66. The van der Waals surface area contributed by atoms with E-state index >= 15 is 0 Å². The Bertz CT molecular complexity index is 893. The largest absolute Gasteiger partial charge is 0.497 e. The first-order valence-corrected chi connectivity index (χ1v) is 11.0. The van der Waals surface area contributed by atoms with E-state index < -0.39 is 16.1 Å². The summed E-state index contributed by atoms with van der Waals surface area (Å²) in [5.74, 6) is 0.396. The summed E-state index contributed by atoms with van der Waals surface area (Å²) in [6.07, 6.45) is 1.47. The van der Waals surface area contributed by atoms with Crippen molar-refractivity contribution in [3.05, 3.63) is 59.7 Å². The Morgan fingerprint density at radius 2 is 1.68 bits per heavy atom. The molecule has 1 N–H and O–H groups in total. The van der Waals surface area contributed by atoms with Gasteiger partial charge in [-0.2, -0.15) is 0 Å². The molecule has 0 radical (unpaired) electrons. The van der Waals surface area contributed by atoms with Crippen molar-refractivity contribution < 1.29 is 17.9 Å². The van der Waals surface area contributed by atoms with E-state index in [-0.39, 0.29) is 11.9 Å². The van der Waals surface area contributed by atoms with Crippen molar-refractivity contribution >= 4 is 21.6 Å². The molecule has 0 aromatic heterocycles. The van der Waals surface area contributed by atoms with Gasteiger partial charge in [0.25, 0.3) is 0 Å². The molecular formula is C21H28N2O4S. The van der Waals surface area contributed by atoms with E-state index in [0.717, 1.165) is 23.1 Å². The van der Waals surface area contributed by atoms with E-state index in [9.17, 15) is 13.2 Å². The van der Waals surface area contributed by atoms with Crippen LogP contribution in [0, 0.1) is 6.92 Å². The van der Waals surface area contributed by atoms with Crippen LogP contribution < -0.4 is 14.4 Å². The van der Waals surface area contributed by atoms with Crippen molar-refractivity contribution in [3.8, 4) is 5.75 Å². The SMILES string of the molecule is CC[C@@H](C(=O)N[C@H](C)c1ccc(OC)cc1)N(c1ccc(C)cc1)S(C)(=O)=O. The molecular weight excluding hydrogens is 376 g/mol. The predicted molar refractivity (Wildman–Crippen MR) is 112 cm³/mol. The first-order chi connectivity index (χ1) is 13.2. The Balaban J connectivity index is 2.26. The molecule has 0 saturated heterocycles. The third kappa shape index (κ3) is 5.25. The van der Waals surface area contributed by atoms with Crippen molar-refractivity contribution in [1.82, 2.24) is 5.32 Å². The van der Waals surface area contributed by atoms with E-state index in [4.69, 9.17) is 4.74 Å². The number of anilines is 1. The molecule has 152 valence electrons. The van der Waals surface area contributed by atoms with Crippen molar-refractivity contribution in [3.63, 3.8) is 0 Å². The fraction of sp³-hybridized carbons (Fsp3) is 0.381. The molecule has 6 nitrogen and oxygen atoms in total. The summed E-state index contributed by atoms with van der Waals surface area (Å²) in [6.45, 7) is 5.59. The van der Waals surface area contributed by atoms with Gasteiger partial charge in [-0.15, -0.1) is 0 Å². The number of sulfonamides is 1. The number of rotatable bonds is 8. The van der Waals surface area contributed by atoms with Gasteiger partial charge in [0.2, 0.25) is 15.9 Å². The third-order valence-corrected chi connectivity index (χ3v) is 5.77. The van der Waals surface area contributed by atoms with Crippen LogP contribution in [0.25, 0.3) is 0 Å². The smallest absolute Gasteiger partial charge is 0.244 e. The van der Waals surface area contributed by atoms with Crippen LogP contribution in [-0.4, -0.2) is 33.7 Å². The van der Waals surface area contributed by atoms with Crippen molar-refractivity contribution in [2.75, 3.05) is 17.7 Å². The first-order valence-electron chi connectivity index (χ1n) is 9.17. The second kappa shape index (κ2) is 9.10. The minimum absolute atomic E-state index is 0.271. The Morgan fingerprint density at radius 1 is 1.11 bits per heavy atom. The quantitative estimate of drug-likeness (QED) is 0.731. The average molecular weight is 405 g/mol. The van der Waals surface area contributed by atoms with Gasteiger partial charge in [-0.1, -0.05) is 36.8 Å². The standard InChI is InChI=1S/C21H28N2O4S/c1-6-20(23(28(5,25)26)18-11-7-15(2)8-12-18)21(24)22-16(3)17-9-13-19(27-4)14-10-17/h7-14,16,20H,6H2,1-5H3,(H,22,24)/t16-,20+/m1/s1. The molecule has 0 bridgehead atoms. The van der Waals surface area contributed by atoms with E-state index in [1.165, 1.54) is 4.31 Å². The molecule has 2 aromatic carbocycles. The van der Waals surface area contributed by atoms with E-state index in [1.54, 1.807) is 26.2 Å². The fourth-order valence-corrected chi connectivity index (χ4v) is 4.25. The minimum Gasteiger partial charge on any atom is -0.497 e. The highest BCUT2D eigenvalue weighted by atomic mass is 32.2. The number of nitrogens with zero attached hydrogens (tertiary/aromatic N) is 1. The van der Waals surface area contributed by atoms with Crippen LogP contribution >= 0.6 is 0 Å². The van der Waals surface area contributed by atoms with Gasteiger partial charge in [0, 0.05) is 0 Å². The van der Waals surface area contributed by atoms with Gasteiger partial charge in [-0.25, -0.2) is 8.42 Å². The summed E-state index contributed by atoms with van der Waals surface area (Å²) in [6, 6.07) is 13.4. The summed E-state index contributed by atoms with van der Waals surface area (Å²) < 4.78 is 31.3. The molecule has 2 aromatic rings. The summed E-state index contributed by atoms with van der Waals surface area (Å²) in [4.78, 5) is 13.0. The normalized spacial score (nSPS) is 13.5. The van der Waals surface area contributed by atoms with E-state index in [2.05, 4.69) is 5.32 Å². The summed E-state index contributed by atoms with van der Waals surface area (Å²) in [5.41, 5.74) is 2.40. The number of nitrogens with one attached hydrogen (secondary N) is 1. The highest BCUT2D eigenvalue weighted by molar-refractivity contribution is 7.92. The van der Waals surface area contributed by atoms with Crippen molar-refractivity contribution in [2.24, 2.45) is 0 Å². The van der Waals surface area contributed by atoms with Crippen molar-refractivity contribution in [2.45, 2.75) is 39.3 Å². The summed E-state index contributed by atoms with van der Waals surface area (Å²) >= 11 is 0. The number of methoxy groups -OCH3 is 1. The van der Waals surface area contributed by atoms with Gasteiger partial charge in [0.1, 0.15) is 11.8 Å². The molecule has 2 atom stereocenters. The van der Waals surface area contributed by atoms with Gasteiger partial charge in [0.15, 0.2) is 0 Å².